The van der Waals surface area contributed by atoms with Crippen LogP contribution in [0.4, 0.5) is 0 Å². The molecule has 0 aromatic rings. The van der Waals surface area contributed by atoms with E-state index in [1.165, 1.54) is 0 Å². The predicted molar refractivity (Wildman–Crippen MR) is 152 cm³/mol. The molecule has 36 heavy (non-hydrogen) atoms. The van der Waals surface area contributed by atoms with Gasteiger partial charge in [0.25, 0.3) is 0 Å². The van der Waals surface area contributed by atoms with Gasteiger partial charge in [0.15, 0.2) is 8.32 Å². The molecule has 0 amide bonds. The lowest BCUT2D eigenvalue weighted by Crippen LogP contribution is -2.46. The van der Waals surface area contributed by atoms with Crippen LogP contribution in [-0.4, -0.2) is 64.6 Å². The molecule has 0 rings (SSSR count). The molecule has 6 nitrogen and oxygen atoms in total. The fourth-order valence-electron chi connectivity index (χ4n) is 4.41. The van der Waals surface area contributed by atoms with E-state index < -0.39 is 8.32 Å². The molecule has 1 N–H and O–H groups in total. The molecule has 0 aliphatic carbocycles. The topological polar surface area (TPSA) is 74.2 Å². The normalized spacial score (nSPS) is 19.0. The van der Waals surface area contributed by atoms with Crippen LogP contribution >= 0.6 is 0 Å². The number of hydrogen-bond donors (Lipinski definition) is 1. The van der Waals surface area contributed by atoms with Gasteiger partial charge in [0.2, 0.25) is 0 Å². The number of ether oxygens (including phenoxy) is 3. The first-order chi connectivity index (χ1) is 16.4. The third kappa shape index (κ3) is 11.1. The number of hydrogen-bond acceptors (Lipinski definition) is 6. The van der Waals surface area contributed by atoms with Gasteiger partial charge >= 0.3 is 5.97 Å². The molecule has 7 unspecified atom stereocenters. The molecule has 7 heteroatoms. The molecule has 0 aromatic heterocycles. The number of aliphatic hydroxyl groups excluding tert-OH is 1. The quantitative estimate of drug-likeness (QED) is 0.166. The Hall–Kier alpha value is -0.473. The van der Waals surface area contributed by atoms with Crippen molar-refractivity contribution in [2.24, 2.45) is 29.6 Å². The van der Waals surface area contributed by atoms with Gasteiger partial charge in [-0.3, -0.25) is 4.79 Å². The summed E-state index contributed by atoms with van der Waals surface area (Å²) < 4.78 is 24.5. The van der Waals surface area contributed by atoms with Gasteiger partial charge in [0.05, 0.1) is 18.1 Å². The lowest BCUT2D eigenvalue weighted by Gasteiger charge is -2.41. The van der Waals surface area contributed by atoms with Crippen LogP contribution in [0.1, 0.15) is 88.5 Å². The van der Waals surface area contributed by atoms with Crippen molar-refractivity contribution in [3.05, 3.63) is 0 Å². The molecular formula is C29H60O6Si. The summed E-state index contributed by atoms with van der Waals surface area (Å²) in [6.45, 7) is 25.9. The number of methoxy groups -OCH3 is 2. The first kappa shape index (κ1) is 35.5. The van der Waals surface area contributed by atoms with Gasteiger partial charge in [-0.05, 0) is 49.2 Å². The van der Waals surface area contributed by atoms with Crippen molar-refractivity contribution in [1.82, 2.24) is 0 Å². The maximum atomic E-state index is 12.5. The second-order valence-electron chi connectivity index (χ2n) is 13.1. The summed E-state index contributed by atoms with van der Waals surface area (Å²) in [5.41, 5.74) is 0. The summed E-state index contributed by atoms with van der Waals surface area (Å²) >= 11 is 0. The average Bonchev–Trinajstić information content (AvgIpc) is 2.77. The Morgan fingerprint density at radius 3 is 1.78 bits per heavy atom. The summed E-state index contributed by atoms with van der Waals surface area (Å²) in [5, 5.41) is 9.86. The van der Waals surface area contributed by atoms with E-state index in [1.807, 2.05) is 20.8 Å². The van der Waals surface area contributed by atoms with E-state index in [2.05, 4.69) is 61.6 Å². The van der Waals surface area contributed by atoms with Crippen molar-refractivity contribution < 1.29 is 28.5 Å². The Kier molecular flexibility index (Phi) is 15.6. The van der Waals surface area contributed by atoms with Crippen LogP contribution in [0.5, 0.6) is 0 Å². The van der Waals surface area contributed by atoms with Crippen molar-refractivity contribution >= 4 is 14.3 Å². The second kappa shape index (κ2) is 15.8. The smallest absolute Gasteiger partial charge is 0.308 e. The highest BCUT2D eigenvalue weighted by Gasteiger charge is 2.40. The van der Waals surface area contributed by atoms with Crippen LogP contribution in [0.25, 0.3) is 0 Å². The molecule has 0 aliphatic rings. The maximum absolute atomic E-state index is 12.5. The minimum atomic E-state index is -1.90. The highest BCUT2D eigenvalue weighted by molar-refractivity contribution is 6.74. The van der Waals surface area contributed by atoms with Crippen LogP contribution in [0, 0.1) is 29.6 Å². The Morgan fingerprint density at radius 1 is 0.833 bits per heavy atom. The second-order valence-corrected chi connectivity index (χ2v) is 17.8. The summed E-state index contributed by atoms with van der Waals surface area (Å²) in [6, 6.07) is 0. The molecule has 0 saturated heterocycles. The predicted octanol–water partition coefficient (Wildman–Crippen LogP) is 6.70. The fraction of sp³-hybridized carbons (Fsp3) is 0.966. The van der Waals surface area contributed by atoms with Gasteiger partial charge in [0.1, 0.15) is 6.10 Å². The third-order valence-corrected chi connectivity index (χ3v) is 12.8. The van der Waals surface area contributed by atoms with Crippen molar-refractivity contribution in [2.45, 2.75) is 131 Å². The maximum Gasteiger partial charge on any atom is 0.308 e. The van der Waals surface area contributed by atoms with Gasteiger partial charge in [-0.15, -0.1) is 0 Å². The lowest BCUT2D eigenvalue weighted by atomic mass is 9.84. The average molecular weight is 533 g/mol. The SMILES string of the molecule is COC(CC(O[Si](C)(C)C(C)(C)C)C(C)C)C(C)CCC(OC(=O)C(C)C)C(C)C(OC)C(C)CO. The van der Waals surface area contributed by atoms with E-state index in [0.717, 1.165) is 12.8 Å². The van der Waals surface area contributed by atoms with Gasteiger partial charge in [0, 0.05) is 38.8 Å². The number of aliphatic hydroxyl groups is 1. The van der Waals surface area contributed by atoms with Crippen molar-refractivity contribution in [1.29, 1.82) is 0 Å². The zero-order valence-electron chi connectivity index (χ0n) is 26.0. The Morgan fingerprint density at radius 2 is 1.39 bits per heavy atom. The number of rotatable bonds is 17. The minimum absolute atomic E-state index is 0.0284. The minimum Gasteiger partial charge on any atom is -0.462 e. The van der Waals surface area contributed by atoms with Gasteiger partial charge in [-0.25, -0.2) is 0 Å². The molecule has 0 fully saturated rings. The largest absolute Gasteiger partial charge is 0.462 e. The number of carbonyl (C=O) groups is 1. The molecule has 0 bridgehead atoms. The Labute approximate surface area is 224 Å². The van der Waals surface area contributed by atoms with E-state index in [4.69, 9.17) is 18.6 Å². The molecular weight excluding hydrogens is 472 g/mol. The summed E-state index contributed by atoms with van der Waals surface area (Å²) in [7, 11) is 1.54. The molecule has 0 heterocycles. The molecule has 0 aromatic carbocycles. The van der Waals surface area contributed by atoms with E-state index in [0.29, 0.717) is 12.3 Å². The summed E-state index contributed by atoms with van der Waals surface area (Å²) in [6.07, 6.45) is 2.11. The lowest BCUT2D eigenvalue weighted by molar-refractivity contribution is -0.160. The number of carbonyl (C=O) groups excluding carboxylic acids is 1. The standard InChI is InChI=1S/C29H60O6Si/c1-19(2)25(35-36(13,14)29(8,9)10)17-26(32-11)21(5)15-16-24(34-28(31)20(3)4)23(7)27(33-12)22(6)18-30/h19-27,30H,15-18H2,1-14H3. The Balaban J connectivity index is 5.56. The molecule has 0 aliphatic heterocycles. The van der Waals surface area contributed by atoms with Crippen LogP contribution in [0.3, 0.4) is 0 Å². The van der Waals surface area contributed by atoms with Crippen molar-refractivity contribution in [2.75, 3.05) is 20.8 Å². The zero-order valence-corrected chi connectivity index (χ0v) is 27.0. The Bertz CT molecular complexity index is 615. The van der Waals surface area contributed by atoms with Crippen molar-refractivity contribution in [3.63, 3.8) is 0 Å². The monoisotopic (exact) mass is 532 g/mol. The van der Waals surface area contributed by atoms with Crippen LogP contribution < -0.4 is 0 Å². The first-order valence-corrected chi connectivity index (χ1v) is 16.9. The van der Waals surface area contributed by atoms with Crippen LogP contribution in [0.15, 0.2) is 0 Å². The van der Waals surface area contributed by atoms with E-state index in [1.54, 1.807) is 14.2 Å². The first-order valence-electron chi connectivity index (χ1n) is 14.0. The van der Waals surface area contributed by atoms with Gasteiger partial charge in [-0.1, -0.05) is 69.2 Å². The van der Waals surface area contributed by atoms with E-state index >= 15 is 0 Å². The third-order valence-electron chi connectivity index (χ3n) is 8.27. The van der Waals surface area contributed by atoms with E-state index in [9.17, 15) is 9.90 Å². The zero-order chi connectivity index (χ0) is 28.4. The molecule has 216 valence electrons. The molecule has 7 atom stereocenters. The highest BCUT2D eigenvalue weighted by Crippen LogP contribution is 2.39. The molecule has 0 spiro atoms. The highest BCUT2D eigenvalue weighted by atomic mass is 28.4. The van der Waals surface area contributed by atoms with Crippen LogP contribution in [0.2, 0.25) is 18.1 Å². The summed E-state index contributed by atoms with van der Waals surface area (Å²) in [4.78, 5) is 12.5. The van der Waals surface area contributed by atoms with Gasteiger partial charge in [-0.2, -0.15) is 0 Å². The fourth-order valence-corrected chi connectivity index (χ4v) is 5.89. The molecule has 0 saturated carbocycles. The van der Waals surface area contributed by atoms with E-state index in [-0.39, 0.29) is 65.7 Å². The number of esters is 1. The van der Waals surface area contributed by atoms with Crippen molar-refractivity contribution in [3.8, 4) is 0 Å². The van der Waals surface area contributed by atoms with Gasteiger partial charge < -0.3 is 23.7 Å². The van der Waals surface area contributed by atoms with Crippen LogP contribution in [-0.2, 0) is 23.4 Å². The molecule has 0 radical (unpaired) electrons. The summed E-state index contributed by atoms with van der Waals surface area (Å²) in [5.74, 6) is 0.178.